The lowest BCUT2D eigenvalue weighted by Crippen LogP contribution is -1.98. The van der Waals surface area contributed by atoms with E-state index in [1.54, 1.807) is 17.4 Å². The van der Waals surface area contributed by atoms with Crippen molar-refractivity contribution in [1.82, 2.24) is 10.2 Å². The molecule has 6 heteroatoms. The van der Waals surface area contributed by atoms with Gasteiger partial charge in [-0.3, -0.25) is 5.10 Å². The Kier molecular flexibility index (Phi) is 5.82. The van der Waals surface area contributed by atoms with Crippen molar-refractivity contribution in [2.75, 3.05) is 0 Å². The monoisotopic (exact) mass is 432 g/mol. The molecule has 2 aromatic carbocycles. The molecule has 0 fully saturated rings. The van der Waals surface area contributed by atoms with E-state index in [1.165, 1.54) is 12.3 Å². The lowest BCUT2D eigenvalue weighted by Gasteiger charge is -2.17. The zero-order valence-electron chi connectivity index (χ0n) is 17.1. The number of halogens is 1. The molecule has 0 amide bonds. The molecule has 4 nitrogen and oxygen atoms in total. The number of nitrogens with zero attached hydrogens (tertiary/aromatic N) is 1. The summed E-state index contributed by atoms with van der Waals surface area (Å²) in [7, 11) is 0. The zero-order valence-corrected chi connectivity index (χ0v) is 18.0. The minimum atomic E-state index is -0.999. The molecule has 0 saturated carbocycles. The summed E-state index contributed by atoms with van der Waals surface area (Å²) >= 11 is 1.63. The highest BCUT2D eigenvalue weighted by Crippen LogP contribution is 2.39. The van der Waals surface area contributed by atoms with Crippen molar-refractivity contribution < 1.29 is 14.3 Å². The molecule has 31 heavy (non-hydrogen) atoms. The second-order valence-electron chi connectivity index (χ2n) is 7.23. The molecule has 0 atom stereocenters. The molecule has 4 rings (SSSR count). The summed E-state index contributed by atoms with van der Waals surface area (Å²) in [5.41, 5.74) is 6.98. The molecule has 0 aliphatic carbocycles. The second-order valence-corrected chi connectivity index (χ2v) is 7.97. The van der Waals surface area contributed by atoms with Crippen LogP contribution in [0.25, 0.3) is 28.1 Å². The summed E-state index contributed by atoms with van der Waals surface area (Å²) in [5, 5.41) is 20.3. The van der Waals surface area contributed by atoms with E-state index in [2.05, 4.69) is 34.8 Å². The molecule has 0 bridgehead atoms. The fourth-order valence-electron chi connectivity index (χ4n) is 3.77. The van der Waals surface area contributed by atoms with Gasteiger partial charge in [-0.1, -0.05) is 31.2 Å². The number of carboxylic acid groups (broad SMARTS) is 1. The van der Waals surface area contributed by atoms with Gasteiger partial charge in [0, 0.05) is 11.6 Å². The van der Waals surface area contributed by atoms with Gasteiger partial charge in [-0.15, -0.1) is 0 Å². The average molecular weight is 433 g/mol. The van der Waals surface area contributed by atoms with Crippen molar-refractivity contribution in [3.8, 4) is 0 Å². The maximum absolute atomic E-state index is 15.6. The maximum Gasteiger partial charge on any atom is 0.328 e. The Labute approximate surface area is 183 Å². The lowest BCUT2D eigenvalue weighted by atomic mass is 9.87. The minimum Gasteiger partial charge on any atom is -0.478 e. The number of hydrogen-bond donors (Lipinski definition) is 2. The molecule has 0 saturated heterocycles. The zero-order chi connectivity index (χ0) is 22.0. The standard InChI is InChI=1S/C25H21FN2O2S/c1-3-18(21-14-31-13-15(21)2)24(17-7-4-16(5-8-17)6-11-23(29)30)19-9-10-22-20(25(19)26)12-27-28-22/h4-14H,3H2,1-2H3,(H,27,28)(H,29,30)/b11-6+,24-18+. The van der Waals surface area contributed by atoms with Crippen LogP contribution in [0, 0.1) is 12.7 Å². The van der Waals surface area contributed by atoms with Gasteiger partial charge in [0.15, 0.2) is 0 Å². The number of hydrogen-bond acceptors (Lipinski definition) is 3. The SMILES string of the molecule is CC/C(=C(/c1ccc(/C=C/C(=O)O)cc1)c1ccc2[nH]ncc2c1F)c1cscc1C. The normalized spacial score (nSPS) is 12.5. The van der Waals surface area contributed by atoms with E-state index in [1.807, 2.05) is 30.3 Å². The smallest absolute Gasteiger partial charge is 0.328 e. The molecule has 0 aliphatic heterocycles. The number of carboxylic acids is 1. The quantitative estimate of drug-likeness (QED) is 0.340. The van der Waals surface area contributed by atoms with Crippen LogP contribution < -0.4 is 0 Å². The highest BCUT2D eigenvalue weighted by Gasteiger charge is 2.19. The van der Waals surface area contributed by atoms with Gasteiger partial charge in [-0.2, -0.15) is 16.4 Å². The van der Waals surface area contributed by atoms with Crippen LogP contribution in [0.4, 0.5) is 4.39 Å². The van der Waals surface area contributed by atoms with Crippen molar-refractivity contribution in [3.05, 3.63) is 93.1 Å². The van der Waals surface area contributed by atoms with Crippen LogP contribution in [0.5, 0.6) is 0 Å². The number of benzene rings is 2. The Morgan fingerprint density at radius 3 is 2.58 bits per heavy atom. The van der Waals surface area contributed by atoms with E-state index in [0.717, 1.165) is 45.9 Å². The van der Waals surface area contributed by atoms with Gasteiger partial charge < -0.3 is 5.11 Å². The summed E-state index contributed by atoms with van der Waals surface area (Å²) in [6.45, 7) is 4.14. The third-order valence-corrected chi connectivity index (χ3v) is 6.14. The van der Waals surface area contributed by atoms with Gasteiger partial charge in [0.25, 0.3) is 0 Å². The molecule has 0 unspecified atom stereocenters. The summed E-state index contributed by atoms with van der Waals surface area (Å²) in [5.74, 6) is -1.31. The molecular weight excluding hydrogens is 411 g/mol. The summed E-state index contributed by atoms with van der Waals surface area (Å²) in [6.07, 6.45) is 4.88. The number of fused-ring (bicyclic) bond motifs is 1. The predicted molar refractivity (Wildman–Crippen MR) is 124 cm³/mol. The van der Waals surface area contributed by atoms with E-state index >= 15 is 4.39 Å². The molecule has 2 heterocycles. The number of allylic oxidation sites excluding steroid dienone is 1. The number of H-pyrrole nitrogens is 1. The second kappa shape index (κ2) is 8.70. The lowest BCUT2D eigenvalue weighted by molar-refractivity contribution is -0.131. The van der Waals surface area contributed by atoms with Crippen molar-refractivity contribution in [1.29, 1.82) is 0 Å². The van der Waals surface area contributed by atoms with Crippen molar-refractivity contribution in [3.63, 3.8) is 0 Å². The Bertz CT molecular complexity index is 1310. The molecule has 2 N–H and O–H groups in total. The summed E-state index contributed by atoms with van der Waals surface area (Å²) in [6, 6.07) is 11.1. The topological polar surface area (TPSA) is 66.0 Å². The molecule has 0 spiro atoms. The molecule has 0 radical (unpaired) electrons. The number of carbonyl (C=O) groups is 1. The van der Waals surface area contributed by atoms with Crippen LogP contribution >= 0.6 is 11.3 Å². The number of nitrogens with one attached hydrogen (secondary N) is 1. The van der Waals surface area contributed by atoms with E-state index in [0.29, 0.717) is 16.5 Å². The third kappa shape index (κ3) is 4.07. The number of aromatic amines is 1. The van der Waals surface area contributed by atoms with E-state index in [9.17, 15) is 4.79 Å². The van der Waals surface area contributed by atoms with E-state index in [-0.39, 0.29) is 5.82 Å². The third-order valence-electron chi connectivity index (χ3n) is 5.28. The molecule has 2 aromatic heterocycles. The molecule has 0 aliphatic rings. The highest BCUT2D eigenvalue weighted by atomic mass is 32.1. The number of aliphatic carboxylic acids is 1. The van der Waals surface area contributed by atoms with Crippen LogP contribution in [-0.4, -0.2) is 21.3 Å². The molecular formula is C25H21FN2O2S. The fraction of sp³-hybridized carbons (Fsp3) is 0.120. The average Bonchev–Trinajstić information content (AvgIpc) is 3.41. The van der Waals surface area contributed by atoms with Gasteiger partial charge in [0.05, 0.1) is 17.1 Å². The summed E-state index contributed by atoms with van der Waals surface area (Å²) in [4.78, 5) is 10.8. The van der Waals surface area contributed by atoms with E-state index < -0.39 is 5.97 Å². The van der Waals surface area contributed by atoms with E-state index in [4.69, 9.17) is 5.11 Å². The maximum atomic E-state index is 15.6. The summed E-state index contributed by atoms with van der Waals surface area (Å²) < 4.78 is 15.6. The first-order valence-corrected chi connectivity index (χ1v) is 10.8. The number of aryl methyl sites for hydroxylation is 1. The van der Waals surface area contributed by atoms with Gasteiger partial charge >= 0.3 is 5.97 Å². The van der Waals surface area contributed by atoms with Crippen LogP contribution in [0.15, 0.2) is 59.4 Å². The van der Waals surface area contributed by atoms with Crippen molar-refractivity contribution in [2.45, 2.75) is 20.3 Å². The molecule has 4 aromatic rings. The highest BCUT2D eigenvalue weighted by molar-refractivity contribution is 7.08. The Balaban J connectivity index is 1.95. The number of aromatic nitrogens is 2. The van der Waals surface area contributed by atoms with Crippen molar-refractivity contribution in [2.24, 2.45) is 0 Å². The number of thiophene rings is 1. The van der Waals surface area contributed by atoms with Crippen LogP contribution in [0.3, 0.4) is 0 Å². The Morgan fingerprint density at radius 2 is 1.94 bits per heavy atom. The largest absolute Gasteiger partial charge is 0.478 e. The van der Waals surface area contributed by atoms with Gasteiger partial charge in [-0.25, -0.2) is 9.18 Å². The van der Waals surface area contributed by atoms with Gasteiger partial charge in [-0.05, 0) is 75.7 Å². The van der Waals surface area contributed by atoms with Crippen LogP contribution in [0.1, 0.15) is 41.2 Å². The minimum absolute atomic E-state index is 0.310. The fourth-order valence-corrected chi connectivity index (χ4v) is 4.63. The first kappa shape index (κ1) is 20.8. The number of rotatable bonds is 6. The van der Waals surface area contributed by atoms with Crippen LogP contribution in [-0.2, 0) is 4.79 Å². The van der Waals surface area contributed by atoms with Crippen molar-refractivity contribution >= 4 is 45.4 Å². The first-order valence-electron chi connectivity index (χ1n) is 9.89. The van der Waals surface area contributed by atoms with Gasteiger partial charge in [0.2, 0.25) is 0 Å². The van der Waals surface area contributed by atoms with Gasteiger partial charge in [0.1, 0.15) is 5.82 Å². The Hall–Kier alpha value is -3.51. The first-order chi connectivity index (χ1) is 15.0. The molecule has 156 valence electrons. The predicted octanol–water partition coefficient (Wildman–Crippen LogP) is 6.54. The Morgan fingerprint density at radius 1 is 1.16 bits per heavy atom. The van der Waals surface area contributed by atoms with Crippen LogP contribution in [0.2, 0.25) is 0 Å².